The molecule has 0 unspecified atom stereocenters. The Morgan fingerprint density at radius 2 is 2.12 bits per heavy atom. The van der Waals surface area contributed by atoms with E-state index in [4.69, 9.17) is 4.74 Å². The van der Waals surface area contributed by atoms with Gasteiger partial charge in [0.15, 0.2) is 11.5 Å². The molecule has 1 fully saturated rings. The molecular weight excluding hydrogens is 388 g/mol. The van der Waals surface area contributed by atoms with Crippen LogP contribution in [0.4, 0.5) is 10.6 Å². The van der Waals surface area contributed by atoms with E-state index in [0.717, 1.165) is 42.0 Å². The third kappa shape index (κ3) is 4.59. The van der Waals surface area contributed by atoms with Crippen LogP contribution in [-0.2, 0) is 4.74 Å². The number of carbonyl (C=O) groups is 1. The Morgan fingerprint density at radius 3 is 2.80 bits per heavy atom. The Hall–Kier alpha value is -1.90. The normalized spacial score (nSPS) is 16.2. The number of fused-ring (bicyclic) bond motifs is 1. The summed E-state index contributed by atoms with van der Waals surface area (Å²) in [6.07, 6.45) is 4.93. The van der Waals surface area contributed by atoms with Gasteiger partial charge in [-0.15, -0.1) is 0 Å². The van der Waals surface area contributed by atoms with E-state index in [1.54, 1.807) is 10.7 Å². The number of anilines is 1. The molecule has 1 saturated heterocycles. The van der Waals surface area contributed by atoms with Crippen LogP contribution in [0.25, 0.3) is 5.65 Å². The predicted molar refractivity (Wildman–Crippen MR) is 97.7 cm³/mol. The molecule has 0 radical (unpaired) electrons. The maximum atomic E-state index is 11.8. The molecule has 2 aromatic heterocycles. The van der Waals surface area contributed by atoms with Crippen molar-refractivity contribution in [3.63, 3.8) is 0 Å². The molecule has 9 heteroatoms. The molecule has 1 N–H and O–H groups in total. The van der Waals surface area contributed by atoms with Crippen molar-refractivity contribution in [2.75, 3.05) is 24.5 Å². The third-order valence-electron chi connectivity index (χ3n) is 4.06. The molecule has 8 nitrogen and oxygen atoms in total. The molecule has 136 valence electrons. The fourth-order valence-electron chi connectivity index (χ4n) is 2.89. The molecule has 0 aromatic carbocycles. The second kappa shape index (κ2) is 7.15. The Morgan fingerprint density at radius 1 is 1.40 bits per heavy atom. The second-order valence-corrected chi connectivity index (χ2v) is 8.04. The average molecular weight is 411 g/mol. The average Bonchev–Trinajstić information content (AvgIpc) is 2.99. The first-order valence-corrected chi connectivity index (χ1v) is 9.19. The molecule has 25 heavy (non-hydrogen) atoms. The van der Waals surface area contributed by atoms with Crippen LogP contribution in [0, 0.1) is 5.92 Å². The lowest BCUT2D eigenvalue weighted by Crippen LogP contribution is -2.40. The number of carbonyl (C=O) groups excluding carboxylic acids is 1. The zero-order chi connectivity index (χ0) is 18.0. The zero-order valence-corrected chi connectivity index (χ0v) is 16.3. The number of halogens is 1. The first-order chi connectivity index (χ1) is 11.8. The van der Waals surface area contributed by atoms with E-state index in [2.05, 4.69) is 41.2 Å². The summed E-state index contributed by atoms with van der Waals surface area (Å²) in [4.78, 5) is 22.9. The van der Waals surface area contributed by atoms with Gasteiger partial charge in [0.2, 0.25) is 0 Å². The van der Waals surface area contributed by atoms with Crippen molar-refractivity contribution in [3.8, 4) is 0 Å². The molecule has 0 spiro atoms. The van der Waals surface area contributed by atoms with Gasteiger partial charge in [-0.3, -0.25) is 0 Å². The van der Waals surface area contributed by atoms with E-state index < -0.39 is 5.60 Å². The van der Waals surface area contributed by atoms with E-state index >= 15 is 0 Å². The molecule has 0 saturated carbocycles. The Balaban J connectivity index is 1.55. The van der Waals surface area contributed by atoms with Gasteiger partial charge in [-0.05, 0) is 55.5 Å². The monoisotopic (exact) mass is 410 g/mol. The predicted octanol–water partition coefficient (Wildman–Crippen LogP) is 2.63. The van der Waals surface area contributed by atoms with Crippen molar-refractivity contribution in [3.05, 3.63) is 17.1 Å². The summed E-state index contributed by atoms with van der Waals surface area (Å²) in [6.45, 7) is 7.96. The van der Waals surface area contributed by atoms with Gasteiger partial charge in [0.25, 0.3) is 0 Å². The number of piperidine rings is 1. The number of aromatic nitrogens is 4. The maximum absolute atomic E-state index is 11.8. The van der Waals surface area contributed by atoms with Crippen molar-refractivity contribution in [1.82, 2.24) is 24.9 Å². The summed E-state index contributed by atoms with van der Waals surface area (Å²) in [7, 11) is 0. The molecule has 1 aliphatic heterocycles. The summed E-state index contributed by atoms with van der Waals surface area (Å²) in [6, 6.07) is 0. The zero-order valence-electron chi connectivity index (χ0n) is 14.7. The summed E-state index contributed by atoms with van der Waals surface area (Å²) in [5.74, 6) is 1.27. The van der Waals surface area contributed by atoms with Gasteiger partial charge in [0.1, 0.15) is 16.5 Å². The van der Waals surface area contributed by atoms with E-state index in [1.165, 1.54) is 6.33 Å². The van der Waals surface area contributed by atoms with Gasteiger partial charge in [0, 0.05) is 19.6 Å². The number of amides is 1. The fourth-order valence-corrected chi connectivity index (χ4v) is 3.25. The third-order valence-corrected chi connectivity index (χ3v) is 4.44. The standard InChI is InChI=1S/C16H23BrN6O2/c1-16(2,3)25-15(24)18-8-11-4-6-22(7-5-11)14-13-19-10-20-23(13)9-12(17)21-14/h9-11H,4-8H2,1-3H3,(H,18,24). The van der Waals surface area contributed by atoms with Gasteiger partial charge >= 0.3 is 6.09 Å². The Kier molecular flexibility index (Phi) is 5.12. The Bertz CT molecular complexity index is 749. The number of nitrogens with zero attached hydrogens (tertiary/aromatic N) is 5. The van der Waals surface area contributed by atoms with Crippen LogP contribution in [-0.4, -0.2) is 50.9 Å². The molecule has 3 heterocycles. The molecule has 1 amide bonds. The molecule has 1 aliphatic rings. The number of rotatable bonds is 3. The molecule has 0 atom stereocenters. The van der Waals surface area contributed by atoms with Crippen molar-refractivity contribution in [2.24, 2.45) is 5.92 Å². The van der Waals surface area contributed by atoms with Crippen LogP contribution < -0.4 is 10.2 Å². The van der Waals surface area contributed by atoms with E-state index in [1.807, 2.05) is 20.8 Å². The smallest absolute Gasteiger partial charge is 0.407 e. The molecule has 0 bridgehead atoms. The van der Waals surface area contributed by atoms with Crippen molar-refractivity contribution in [1.29, 1.82) is 0 Å². The molecule has 0 aliphatic carbocycles. The number of hydrogen-bond acceptors (Lipinski definition) is 6. The van der Waals surface area contributed by atoms with Crippen molar-refractivity contribution < 1.29 is 9.53 Å². The number of hydrogen-bond donors (Lipinski definition) is 1. The summed E-state index contributed by atoms with van der Waals surface area (Å²) in [5.41, 5.74) is 0.289. The topological polar surface area (TPSA) is 84.7 Å². The fraction of sp³-hybridized carbons (Fsp3) is 0.625. The lowest BCUT2D eigenvalue weighted by atomic mass is 9.97. The van der Waals surface area contributed by atoms with Gasteiger partial charge in [-0.25, -0.2) is 19.3 Å². The van der Waals surface area contributed by atoms with Gasteiger partial charge < -0.3 is 15.0 Å². The van der Waals surface area contributed by atoms with Crippen LogP contribution in [0.3, 0.4) is 0 Å². The van der Waals surface area contributed by atoms with Gasteiger partial charge in [0.05, 0.1) is 6.20 Å². The SMILES string of the molecule is CC(C)(C)OC(=O)NCC1CCN(c2nc(Br)cn3ncnc23)CC1. The first kappa shape index (κ1) is 17.9. The largest absolute Gasteiger partial charge is 0.444 e. The van der Waals surface area contributed by atoms with Crippen LogP contribution in [0.5, 0.6) is 0 Å². The van der Waals surface area contributed by atoms with Crippen LogP contribution in [0.2, 0.25) is 0 Å². The number of nitrogens with one attached hydrogen (secondary N) is 1. The van der Waals surface area contributed by atoms with Crippen LogP contribution in [0.15, 0.2) is 17.1 Å². The lowest BCUT2D eigenvalue weighted by Gasteiger charge is -2.33. The lowest BCUT2D eigenvalue weighted by molar-refractivity contribution is 0.0517. The molecule has 2 aromatic rings. The maximum Gasteiger partial charge on any atom is 0.407 e. The number of alkyl carbamates (subject to hydrolysis) is 1. The van der Waals surface area contributed by atoms with E-state index in [-0.39, 0.29) is 6.09 Å². The van der Waals surface area contributed by atoms with Crippen LogP contribution in [0.1, 0.15) is 33.6 Å². The molecule has 3 rings (SSSR count). The highest BCUT2D eigenvalue weighted by molar-refractivity contribution is 9.10. The van der Waals surface area contributed by atoms with E-state index in [9.17, 15) is 4.79 Å². The minimum absolute atomic E-state index is 0.353. The summed E-state index contributed by atoms with van der Waals surface area (Å²) < 4.78 is 7.73. The van der Waals surface area contributed by atoms with Crippen molar-refractivity contribution >= 4 is 33.5 Å². The quantitative estimate of drug-likeness (QED) is 0.836. The highest BCUT2D eigenvalue weighted by Gasteiger charge is 2.24. The molecular formula is C16H23BrN6O2. The minimum Gasteiger partial charge on any atom is -0.444 e. The summed E-state index contributed by atoms with van der Waals surface area (Å²) in [5, 5.41) is 7.04. The van der Waals surface area contributed by atoms with Gasteiger partial charge in [-0.2, -0.15) is 5.10 Å². The minimum atomic E-state index is -0.469. The van der Waals surface area contributed by atoms with Crippen LogP contribution >= 0.6 is 15.9 Å². The van der Waals surface area contributed by atoms with E-state index in [0.29, 0.717) is 12.5 Å². The highest BCUT2D eigenvalue weighted by Crippen LogP contribution is 2.25. The first-order valence-electron chi connectivity index (χ1n) is 8.39. The summed E-state index contributed by atoms with van der Waals surface area (Å²) >= 11 is 3.42. The Labute approximate surface area is 155 Å². The highest BCUT2D eigenvalue weighted by atomic mass is 79.9. The second-order valence-electron chi connectivity index (χ2n) is 7.23. The van der Waals surface area contributed by atoms with Crippen molar-refractivity contribution in [2.45, 2.75) is 39.2 Å². The van der Waals surface area contributed by atoms with Gasteiger partial charge in [-0.1, -0.05) is 0 Å². The number of ether oxygens (including phenoxy) is 1.